The average Bonchev–Trinajstić information content (AvgIpc) is 3.51. The first-order valence-electron chi connectivity index (χ1n) is 9.70. The number of thiocarbonyl (C=S) groups is 1. The SMILES string of the molecule is O=C1/C(=C/c2cccc(-c3ccc4[nH]ccc4c3)n2)SC(=S)N1CCCc1nn[nH]n1. The molecule has 4 aromatic rings. The number of rotatable bonds is 6. The van der Waals surface area contributed by atoms with Crippen LogP contribution < -0.4 is 0 Å². The highest BCUT2D eigenvalue weighted by molar-refractivity contribution is 8.26. The summed E-state index contributed by atoms with van der Waals surface area (Å²) >= 11 is 6.72. The Morgan fingerprint density at radius 2 is 2.13 bits per heavy atom. The highest BCUT2D eigenvalue weighted by Gasteiger charge is 2.31. The van der Waals surface area contributed by atoms with E-state index < -0.39 is 0 Å². The van der Waals surface area contributed by atoms with E-state index in [1.807, 2.05) is 42.6 Å². The van der Waals surface area contributed by atoms with Crippen LogP contribution in [0.2, 0.25) is 0 Å². The Hall–Kier alpha value is -3.37. The van der Waals surface area contributed by atoms with Crippen LogP contribution in [0.4, 0.5) is 0 Å². The number of carbonyl (C=O) groups excluding carboxylic acids is 1. The molecule has 1 amide bonds. The number of benzene rings is 1. The molecule has 31 heavy (non-hydrogen) atoms. The maximum absolute atomic E-state index is 12.9. The van der Waals surface area contributed by atoms with E-state index >= 15 is 0 Å². The van der Waals surface area contributed by atoms with Crippen molar-refractivity contribution in [3.05, 3.63) is 65.1 Å². The van der Waals surface area contributed by atoms with Gasteiger partial charge < -0.3 is 4.98 Å². The largest absolute Gasteiger partial charge is 0.361 e. The zero-order valence-corrected chi connectivity index (χ0v) is 17.9. The molecule has 0 radical (unpaired) electrons. The molecule has 5 rings (SSSR count). The van der Waals surface area contributed by atoms with Gasteiger partial charge in [0.1, 0.15) is 4.32 Å². The van der Waals surface area contributed by atoms with Crippen molar-refractivity contribution in [2.75, 3.05) is 6.54 Å². The molecule has 2 N–H and O–H groups in total. The van der Waals surface area contributed by atoms with Gasteiger partial charge in [-0.05, 0) is 42.8 Å². The second-order valence-electron chi connectivity index (χ2n) is 6.99. The van der Waals surface area contributed by atoms with Crippen LogP contribution in [0, 0.1) is 0 Å². The first kappa shape index (κ1) is 19.6. The molecule has 1 saturated heterocycles. The molecule has 1 aliphatic heterocycles. The number of aryl methyl sites for hydroxylation is 1. The lowest BCUT2D eigenvalue weighted by molar-refractivity contribution is -0.122. The van der Waals surface area contributed by atoms with Crippen molar-refractivity contribution in [3.8, 4) is 11.3 Å². The second-order valence-corrected chi connectivity index (χ2v) is 8.67. The number of fused-ring (bicyclic) bond motifs is 1. The van der Waals surface area contributed by atoms with Gasteiger partial charge in [-0.25, -0.2) is 4.98 Å². The molecule has 0 aliphatic carbocycles. The van der Waals surface area contributed by atoms with Gasteiger partial charge in [-0.3, -0.25) is 9.69 Å². The van der Waals surface area contributed by atoms with E-state index in [1.54, 1.807) is 11.0 Å². The second kappa shape index (κ2) is 8.40. The number of nitrogens with one attached hydrogen (secondary N) is 2. The third kappa shape index (κ3) is 4.12. The number of nitrogens with zero attached hydrogens (tertiary/aromatic N) is 5. The topological polar surface area (TPSA) is 103 Å². The smallest absolute Gasteiger partial charge is 0.266 e. The fraction of sp³-hybridized carbons (Fsp3) is 0.143. The van der Waals surface area contributed by atoms with E-state index in [2.05, 4.69) is 31.7 Å². The van der Waals surface area contributed by atoms with E-state index in [9.17, 15) is 4.79 Å². The Labute approximate surface area is 187 Å². The molecular formula is C21H17N7OS2. The number of aromatic amines is 2. The fourth-order valence-electron chi connectivity index (χ4n) is 3.42. The quantitative estimate of drug-likeness (QED) is 0.344. The van der Waals surface area contributed by atoms with Crippen molar-refractivity contribution >= 4 is 51.2 Å². The van der Waals surface area contributed by atoms with Gasteiger partial charge in [-0.2, -0.15) is 5.21 Å². The van der Waals surface area contributed by atoms with Crippen LogP contribution in [-0.2, 0) is 11.2 Å². The number of carbonyl (C=O) groups is 1. The molecule has 0 unspecified atom stereocenters. The summed E-state index contributed by atoms with van der Waals surface area (Å²) in [4.78, 5) is 23.0. The highest BCUT2D eigenvalue weighted by atomic mass is 32.2. The molecule has 8 nitrogen and oxygen atoms in total. The highest BCUT2D eigenvalue weighted by Crippen LogP contribution is 2.33. The van der Waals surface area contributed by atoms with Crippen molar-refractivity contribution < 1.29 is 4.79 Å². The maximum Gasteiger partial charge on any atom is 0.266 e. The Balaban J connectivity index is 1.32. The maximum atomic E-state index is 12.9. The van der Waals surface area contributed by atoms with E-state index in [1.165, 1.54) is 11.8 Å². The summed E-state index contributed by atoms with van der Waals surface area (Å²) in [5.74, 6) is 0.531. The lowest BCUT2D eigenvalue weighted by atomic mass is 10.1. The molecule has 1 fully saturated rings. The summed E-state index contributed by atoms with van der Waals surface area (Å²) in [6, 6.07) is 14.0. The summed E-state index contributed by atoms with van der Waals surface area (Å²) in [6.07, 6.45) is 5.05. The molecule has 1 aliphatic rings. The number of aromatic nitrogens is 6. The number of thioether (sulfide) groups is 1. The first-order valence-corrected chi connectivity index (χ1v) is 10.9. The molecular weight excluding hydrogens is 430 g/mol. The minimum Gasteiger partial charge on any atom is -0.361 e. The van der Waals surface area contributed by atoms with E-state index in [4.69, 9.17) is 17.2 Å². The molecule has 0 atom stereocenters. The van der Waals surface area contributed by atoms with Crippen LogP contribution in [0.25, 0.3) is 28.2 Å². The molecule has 3 aromatic heterocycles. The Morgan fingerprint density at radius 1 is 1.19 bits per heavy atom. The molecule has 0 saturated carbocycles. The molecule has 1 aromatic carbocycles. The third-order valence-corrected chi connectivity index (χ3v) is 6.32. The standard InChI is InChI=1S/C21H17N7OS2/c29-20-18(31-21(30)28(20)10-2-5-19-24-26-27-25-19)12-15-3-1-4-17(23-15)13-6-7-16-14(11-13)8-9-22-16/h1,3-4,6-9,11-12,22H,2,5,10H2,(H,24,25,26,27)/b18-12-. The Kier molecular flexibility index (Phi) is 5.31. The van der Waals surface area contributed by atoms with Gasteiger partial charge in [0.05, 0.1) is 16.3 Å². The normalized spacial score (nSPS) is 15.5. The molecule has 154 valence electrons. The van der Waals surface area contributed by atoms with Crippen molar-refractivity contribution in [1.29, 1.82) is 0 Å². The molecule has 4 heterocycles. The number of tetrazole rings is 1. The Morgan fingerprint density at radius 3 is 3.00 bits per heavy atom. The van der Waals surface area contributed by atoms with Crippen LogP contribution >= 0.6 is 24.0 Å². The van der Waals surface area contributed by atoms with Crippen LogP contribution in [-0.4, -0.2) is 52.3 Å². The number of pyridine rings is 1. The fourth-order valence-corrected chi connectivity index (χ4v) is 4.71. The van der Waals surface area contributed by atoms with Crippen molar-refractivity contribution in [3.63, 3.8) is 0 Å². The van der Waals surface area contributed by atoms with Gasteiger partial charge >= 0.3 is 0 Å². The lowest BCUT2D eigenvalue weighted by Gasteiger charge is -2.13. The van der Waals surface area contributed by atoms with Gasteiger partial charge in [0.2, 0.25) is 0 Å². The average molecular weight is 448 g/mol. The number of hydrogen-bond donors (Lipinski definition) is 2. The van der Waals surface area contributed by atoms with Crippen LogP contribution in [0.5, 0.6) is 0 Å². The summed E-state index contributed by atoms with van der Waals surface area (Å²) in [7, 11) is 0. The first-order chi connectivity index (χ1) is 15.2. The van der Waals surface area contributed by atoms with Crippen molar-refractivity contribution in [2.45, 2.75) is 12.8 Å². The number of hydrogen-bond acceptors (Lipinski definition) is 7. The number of amides is 1. The zero-order chi connectivity index (χ0) is 21.2. The van der Waals surface area contributed by atoms with Gasteiger partial charge in [-0.15, -0.1) is 10.2 Å². The van der Waals surface area contributed by atoms with Gasteiger partial charge in [0.25, 0.3) is 5.91 Å². The summed E-state index contributed by atoms with van der Waals surface area (Å²) in [6.45, 7) is 0.515. The van der Waals surface area contributed by atoms with Crippen LogP contribution in [0.1, 0.15) is 17.9 Å². The van der Waals surface area contributed by atoms with Gasteiger partial charge in [0.15, 0.2) is 5.82 Å². The summed E-state index contributed by atoms with van der Waals surface area (Å²) in [5.41, 5.74) is 3.69. The third-order valence-electron chi connectivity index (χ3n) is 4.94. The van der Waals surface area contributed by atoms with E-state index in [-0.39, 0.29) is 5.91 Å². The van der Waals surface area contributed by atoms with Gasteiger partial charge in [-0.1, -0.05) is 41.3 Å². The summed E-state index contributed by atoms with van der Waals surface area (Å²) < 4.78 is 0.554. The van der Waals surface area contributed by atoms with Crippen molar-refractivity contribution in [1.82, 2.24) is 35.5 Å². The zero-order valence-electron chi connectivity index (χ0n) is 16.3. The van der Waals surface area contributed by atoms with E-state index in [0.717, 1.165) is 27.9 Å². The van der Waals surface area contributed by atoms with E-state index in [0.29, 0.717) is 34.4 Å². The van der Waals surface area contributed by atoms with Gasteiger partial charge in [0, 0.05) is 35.6 Å². The van der Waals surface area contributed by atoms with Crippen molar-refractivity contribution in [2.24, 2.45) is 0 Å². The minimum atomic E-state index is -0.0935. The molecule has 10 heteroatoms. The minimum absolute atomic E-state index is 0.0935. The van der Waals surface area contributed by atoms with Crippen LogP contribution in [0.15, 0.2) is 53.6 Å². The number of H-pyrrole nitrogens is 2. The predicted octanol–water partition coefficient (Wildman–Crippen LogP) is 3.58. The monoisotopic (exact) mass is 447 g/mol. The molecule has 0 bridgehead atoms. The predicted molar refractivity (Wildman–Crippen MR) is 124 cm³/mol. The van der Waals surface area contributed by atoms with Crippen LogP contribution in [0.3, 0.4) is 0 Å². The Bertz CT molecular complexity index is 1300. The molecule has 0 spiro atoms. The lowest BCUT2D eigenvalue weighted by Crippen LogP contribution is -2.29. The summed E-state index contributed by atoms with van der Waals surface area (Å²) in [5, 5.41) is 14.9.